The first-order valence-corrected chi connectivity index (χ1v) is 59.9. The average Bonchev–Trinajstić information content (AvgIpc) is 1.60. The number of rotatable bonds is 23. The normalized spacial score (nSPS) is 13.3. The van der Waals surface area contributed by atoms with Gasteiger partial charge < -0.3 is 47.9 Å². The summed E-state index contributed by atoms with van der Waals surface area (Å²) in [4.78, 5) is 42.8. The first-order chi connectivity index (χ1) is 62.6. The molecule has 5 N–H and O–H groups in total. The molecular weight excluding hydrogens is 2470 g/mol. The third kappa shape index (κ3) is 32.8. The fourth-order valence-corrected chi connectivity index (χ4v) is 17.7. The summed E-state index contributed by atoms with van der Waals surface area (Å²) >= 11 is 27.5. The van der Waals surface area contributed by atoms with Gasteiger partial charge in [-0.1, -0.05) is 83.2 Å². The summed E-state index contributed by atoms with van der Waals surface area (Å²) in [6, 6.07) is 35.4. The first-order valence-electron chi connectivity index (χ1n) is 41.0. The average molecular weight is 2570 g/mol. The smallest absolute Gasteiger partial charge is 0.496 e. The van der Waals surface area contributed by atoms with Crippen molar-refractivity contribution in [3.63, 3.8) is 0 Å². The maximum atomic E-state index is 12.4. The van der Waals surface area contributed by atoms with Crippen molar-refractivity contribution in [1.82, 2.24) is 89.6 Å². The van der Waals surface area contributed by atoms with Crippen LogP contribution in [-0.4, -0.2) is 186 Å². The number of benzene rings is 2. The molecule has 46 heteroatoms. The maximum absolute atomic E-state index is 12.4. The van der Waals surface area contributed by atoms with Crippen molar-refractivity contribution >= 4 is 273 Å². The van der Waals surface area contributed by atoms with Gasteiger partial charge in [-0.05, 0) is 281 Å². The Morgan fingerprint density at radius 3 is 1.49 bits per heavy atom. The second kappa shape index (κ2) is 51.4. The molecule has 0 saturated carbocycles. The topological polar surface area (TPSA) is 352 Å². The van der Waals surface area contributed by atoms with Crippen LogP contribution in [0.15, 0.2) is 190 Å². The number of hydrogen-bond acceptors (Lipinski definition) is 25. The van der Waals surface area contributed by atoms with E-state index in [4.69, 9.17) is 63.5 Å². The van der Waals surface area contributed by atoms with Gasteiger partial charge in [0.05, 0.1) is 66.7 Å². The SMILES string of the molecule is Brc1cnc2[nH]ncc2c1.Brc1cnc2n[nH]c(I)c2c1.COc1ccccc1-c1nn(COCC[Si](C)(C)C)c2ncc(B3OC(C)(C)C(C)(C)O3)cc12.COc1ccccc1-c1nn(COCC[Si](C)(C)C)c2ncc(Br)cc12.C[Si](C)(C)CCOCn1nc(I)c2cc(Br)cnc21.Cl.Fc1ccc(Br)cn1.NNc1ncc(Br)cc1C1OCCO1.O=Cc1cc(Br)cnc1F. The molecule has 0 amide bonds. The van der Waals surface area contributed by atoms with Gasteiger partial charge >= 0.3 is 7.12 Å². The number of fused-ring (bicyclic) bond motifs is 5. The van der Waals surface area contributed by atoms with Gasteiger partial charge in [0.2, 0.25) is 11.9 Å². The van der Waals surface area contributed by atoms with Crippen LogP contribution in [0.1, 0.15) is 49.9 Å². The highest BCUT2D eigenvalue weighted by molar-refractivity contribution is 14.1. The highest BCUT2D eigenvalue weighted by Crippen LogP contribution is 2.40. The molecule has 15 aromatic rings. The summed E-state index contributed by atoms with van der Waals surface area (Å²) in [5.41, 5.74) is 10.8. The van der Waals surface area contributed by atoms with Crippen molar-refractivity contribution in [2.24, 2.45) is 5.84 Å². The summed E-state index contributed by atoms with van der Waals surface area (Å²) in [7, 11) is -0.461. The lowest BCUT2D eigenvalue weighted by atomic mass is 9.80. The van der Waals surface area contributed by atoms with E-state index >= 15 is 0 Å². The van der Waals surface area contributed by atoms with Crippen LogP contribution in [0, 0.1) is 19.3 Å². The van der Waals surface area contributed by atoms with Gasteiger partial charge in [-0.25, -0.2) is 59.8 Å². The van der Waals surface area contributed by atoms with Crippen LogP contribution in [0.5, 0.6) is 11.5 Å². The Hall–Kier alpha value is -6.57. The number of anilines is 1. The zero-order chi connectivity index (χ0) is 95.8. The number of H-pyrrole nitrogens is 2. The molecule has 0 spiro atoms. The summed E-state index contributed by atoms with van der Waals surface area (Å²) in [5.74, 6) is 6.26. The van der Waals surface area contributed by atoms with Crippen molar-refractivity contribution in [2.75, 3.05) is 52.7 Å². The number of nitrogens with zero attached hydrogens (tertiary/aromatic N) is 16. The van der Waals surface area contributed by atoms with E-state index in [-0.39, 0.29) is 24.3 Å². The van der Waals surface area contributed by atoms with Gasteiger partial charge in [0.25, 0.3) is 0 Å². The van der Waals surface area contributed by atoms with Gasteiger partial charge in [0.15, 0.2) is 40.8 Å². The number of aromatic amines is 2. The van der Waals surface area contributed by atoms with Crippen molar-refractivity contribution in [3.05, 3.63) is 221 Å². The predicted molar refractivity (Wildman–Crippen MR) is 569 cm³/mol. The number of nitrogens with two attached hydrogens (primary N) is 1. The van der Waals surface area contributed by atoms with Gasteiger partial charge in [0.1, 0.15) is 56.3 Å². The van der Waals surface area contributed by atoms with Gasteiger partial charge in [-0.2, -0.15) is 34.3 Å². The van der Waals surface area contributed by atoms with E-state index in [0.717, 1.165) is 160 Å². The lowest BCUT2D eigenvalue weighted by molar-refractivity contribution is -0.0438. The molecule has 0 aliphatic carbocycles. The Labute approximate surface area is 865 Å². The minimum atomic E-state index is -1.17. The molecule has 30 nitrogen and oxygen atoms in total. The fraction of sp³-hybridized carbons (Fsp3) is 0.333. The van der Waals surface area contributed by atoms with Crippen molar-refractivity contribution < 1.29 is 56.0 Å². The largest absolute Gasteiger partial charge is 0.496 e. The van der Waals surface area contributed by atoms with Crippen LogP contribution in [0.25, 0.3) is 77.7 Å². The van der Waals surface area contributed by atoms with E-state index in [1.165, 1.54) is 30.6 Å². The lowest BCUT2D eigenvalue weighted by Crippen LogP contribution is -2.41. The highest BCUT2D eigenvalue weighted by Gasteiger charge is 2.52. The Balaban J connectivity index is 0.000000179. The number of para-hydroxylation sites is 2. The van der Waals surface area contributed by atoms with Gasteiger partial charge in [0, 0.05) is 158 Å². The molecule has 2 aliphatic heterocycles. The molecule has 0 bridgehead atoms. The van der Waals surface area contributed by atoms with E-state index in [9.17, 15) is 13.6 Å². The lowest BCUT2D eigenvalue weighted by Gasteiger charge is -2.32. The Morgan fingerprint density at radius 2 is 0.985 bits per heavy atom. The minimum absolute atomic E-state index is 0. The molecule has 15 heterocycles. The molecule has 133 heavy (non-hydrogen) atoms. The molecule has 17 rings (SSSR count). The van der Waals surface area contributed by atoms with E-state index < -0.39 is 54.4 Å². The summed E-state index contributed by atoms with van der Waals surface area (Å²) in [6.45, 7) is 34.0. The first kappa shape index (κ1) is 110. The van der Waals surface area contributed by atoms with Crippen LogP contribution >= 0.6 is 169 Å². The van der Waals surface area contributed by atoms with Crippen LogP contribution in [0.4, 0.5) is 14.6 Å². The van der Waals surface area contributed by atoms with E-state index in [0.29, 0.717) is 56.6 Å². The van der Waals surface area contributed by atoms with E-state index in [1.54, 1.807) is 57.5 Å². The van der Waals surface area contributed by atoms with Crippen molar-refractivity contribution in [3.8, 4) is 34.0 Å². The van der Waals surface area contributed by atoms with Crippen LogP contribution in [0.3, 0.4) is 0 Å². The second-order valence-electron chi connectivity index (χ2n) is 34.0. The molecule has 708 valence electrons. The van der Waals surface area contributed by atoms with E-state index in [1.807, 2.05) is 99.1 Å². The number of carbonyl (C=O) groups is 1. The molecule has 13 aromatic heterocycles. The quantitative estimate of drug-likeness (QED) is 0.00879. The number of aromatic nitrogens is 18. The third-order valence-corrected chi connectivity index (χ3v) is 29.5. The molecule has 2 saturated heterocycles. The number of hydrazine groups is 1. The number of methoxy groups -OCH3 is 2. The molecule has 0 atom stereocenters. The fourth-order valence-electron chi connectivity index (χ4n) is 12.0. The number of hydrogen-bond donors (Lipinski definition) is 4. The Morgan fingerprint density at radius 1 is 0.534 bits per heavy atom. The predicted octanol–water partition coefficient (Wildman–Crippen LogP) is 23.4. The number of ether oxygens (including phenoxy) is 7. The summed E-state index contributed by atoms with van der Waals surface area (Å²) in [5, 5.41) is 32.6. The number of nitrogens with one attached hydrogen (secondary N) is 3. The maximum Gasteiger partial charge on any atom is 0.496 e. The summed E-state index contributed by atoms with van der Waals surface area (Å²) < 4.78 is 89.9. The van der Waals surface area contributed by atoms with Gasteiger partial charge in [-0.3, -0.25) is 15.0 Å². The molecule has 0 radical (unpaired) electrons. The standard InChI is InChI=1S/C25H36BN3O4Si.C19H24BrN3O2Si.C12H17BrIN3OSi.C8H10BrN3O2.C6H3BrFNO.C6H3BrIN3.C6H4BrN3.C5H3BrFN.ClH/c1-24(2)25(3,4)33-26(32-24)18-15-20-22(19-11-9-10-12-21(19)30-5)28-29(23(20)27-16-18)17-31-13-14-34(6,7)8;1-24-17-8-6-5-7-15(17)18-16-11-14(20)12-21-19(16)23(22-18)13-25-9-10-26(2,3)4;1-19(2,3)5-4-18-8-17-12-10(11(14)16-17)6-9(13)7-15-12;9-5-3-6(7(12-10)11-4-5)8-13-1-2-14-8;7-5-1-4(3-10)6(8)9-2-5;7-3-1-4-5(8)10-11-6(4)9-2-3;7-5-1-4-2-9-10-6(4)8-3-5;6-4-1-2-5(7)8-3-4;/h9-12,15-16H,13-14,17H2,1-8H3;5-8,11-12H,9-10,13H2,1-4H3;6-7H,4-5,8H2,1-3H3;3-4,8H,1-2,10H2,(H,11,12);1-3H;1-2H,(H,9,10,11);1-3H,(H,8,9,10);1-3H;1H. The van der Waals surface area contributed by atoms with Gasteiger partial charge in [-0.15, -0.1) is 12.4 Å². The number of carbonyl (C=O) groups excluding carboxylic acids is 1. The number of nitrogen functional groups attached to an aromatic ring is 1. The minimum Gasteiger partial charge on any atom is -0.496 e. The number of aldehydes is 1. The molecule has 2 fully saturated rings. The zero-order valence-electron chi connectivity index (χ0n) is 75.4. The second-order valence-corrected chi connectivity index (χ2v) is 59.4. The zero-order valence-corrected chi connectivity index (χ0v) is 94.6. The molecule has 2 aromatic carbocycles. The van der Waals surface area contributed by atoms with Crippen LogP contribution in [0.2, 0.25) is 77.1 Å². The molecule has 0 unspecified atom stereocenters. The summed E-state index contributed by atoms with van der Waals surface area (Å²) in [6.07, 6.45) is 15.0. The van der Waals surface area contributed by atoms with Crippen LogP contribution in [-0.2, 0) is 53.2 Å². The number of pyridine rings is 8. The Bertz CT molecular complexity index is 6310. The monoisotopic (exact) mass is 2560 g/mol. The highest BCUT2D eigenvalue weighted by atomic mass is 127. The van der Waals surface area contributed by atoms with Crippen molar-refractivity contribution in [2.45, 2.75) is 142 Å². The van der Waals surface area contributed by atoms with Crippen LogP contribution < -0.4 is 26.2 Å². The Kier molecular flexibility index (Phi) is 42.5. The third-order valence-electron chi connectivity index (χ3n) is 19.7. The molecule has 2 aliphatic rings. The van der Waals surface area contributed by atoms with Crippen molar-refractivity contribution in [1.29, 1.82) is 0 Å². The van der Waals surface area contributed by atoms with E-state index in [2.05, 4.69) is 315 Å². The molecular formula is C87H101BBr7ClF2I2N20O10Si3. The number of halogens is 12.